The van der Waals surface area contributed by atoms with E-state index in [1.54, 1.807) is 57.2 Å². The molecule has 0 fully saturated rings. The molecule has 0 atom stereocenters. The van der Waals surface area contributed by atoms with Crippen molar-refractivity contribution in [3.63, 3.8) is 0 Å². The molecular weight excluding hydrogens is 456 g/mol. The van der Waals surface area contributed by atoms with Crippen LogP contribution in [-0.2, 0) is 16.0 Å². The Kier molecular flexibility index (Phi) is 11.5. The molecule has 2 rings (SSSR count). The van der Waals surface area contributed by atoms with E-state index in [9.17, 15) is 9.59 Å². The lowest BCUT2D eigenvalue weighted by molar-refractivity contribution is -0.159. The Morgan fingerprint density at radius 2 is 1.47 bits per heavy atom. The third-order valence-electron chi connectivity index (χ3n) is 5.22. The zero-order chi connectivity index (χ0) is 26.6. The van der Waals surface area contributed by atoms with Crippen LogP contribution in [0.15, 0.2) is 42.5 Å². The largest absolute Gasteiger partial charge is 0.493 e. The molecule has 0 radical (unpaired) electrons. The molecule has 6 nitrogen and oxygen atoms in total. The average Bonchev–Trinajstić information content (AvgIpc) is 2.85. The Balaban J connectivity index is 2.14. The molecule has 0 saturated carbocycles. The first-order valence-corrected chi connectivity index (χ1v) is 12.7. The highest BCUT2D eigenvalue weighted by atomic mass is 16.7. The van der Waals surface area contributed by atoms with E-state index >= 15 is 0 Å². The second-order valence-corrected chi connectivity index (χ2v) is 9.61. The minimum atomic E-state index is -0.590. The molecule has 0 N–H and O–H groups in total. The van der Waals surface area contributed by atoms with Crippen molar-refractivity contribution in [1.82, 2.24) is 0 Å². The molecular formula is C30H40O6. The first-order valence-electron chi connectivity index (χ1n) is 12.7. The van der Waals surface area contributed by atoms with E-state index in [0.29, 0.717) is 30.3 Å². The lowest BCUT2D eigenvalue weighted by Gasteiger charge is -2.16. The predicted octanol–water partition coefficient (Wildman–Crippen LogP) is 7.04. The van der Waals surface area contributed by atoms with Crippen LogP contribution in [0.1, 0.15) is 82.3 Å². The van der Waals surface area contributed by atoms with Crippen LogP contribution < -0.4 is 14.2 Å². The Labute approximate surface area is 215 Å². The smallest absolute Gasteiger partial charge is 0.314 e. The number of allylic oxidation sites excluding steroid dienone is 1. The quantitative estimate of drug-likeness (QED) is 0.121. The summed E-state index contributed by atoms with van der Waals surface area (Å²) < 4.78 is 22.5. The van der Waals surface area contributed by atoms with Crippen molar-refractivity contribution < 1.29 is 28.5 Å². The molecule has 2 aromatic rings. The molecule has 0 bridgehead atoms. The fraction of sp³-hybridized carbons (Fsp3) is 0.467. The number of aryl methyl sites for hydroxylation is 1. The van der Waals surface area contributed by atoms with Gasteiger partial charge in [0.1, 0.15) is 17.2 Å². The molecule has 0 aliphatic heterocycles. The van der Waals surface area contributed by atoms with Crippen molar-refractivity contribution in [1.29, 1.82) is 0 Å². The Bertz CT molecular complexity index is 1010. The monoisotopic (exact) mass is 496 g/mol. The third kappa shape index (κ3) is 9.06. The van der Waals surface area contributed by atoms with Crippen molar-refractivity contribution in [2.75, 3.05) is 20.0 Å². The van der Waals surface area contributed by atoms with Crippen LogP contribution in [0.4, 0.5) is 0 Å². The van der Waals surface area contributed by atoms with E-state index in [1.807, 2.05) is 6.07 Å². The van der Waals surface area contributed by atoms with Crippen molar-refractivity contribution in [2.45, 2.75) is 67.2 Å². The summed E-state index contributed by atoms with van der Waals surface area (Å²) in [7, 11) is 0. The van der Waals surface area contributed by atoms with Crippen LogP contribution in [0.3, 0.4) is 0 Å². The lowest BCUT2D eigenvalue weighted by Crippen LogP contribution is -2.24. The molecule has 0 aliphatic carbocycles. The van der Waals surface area contributed by atoms with Gasteiger partial charge in [-0.05, 0) is 88.1 Å². The molecule has 0 amide bonds. The highest BCUT2D eigenvalue weighted by Gasteiger charge is 2.23. The van der Waals surface area contributed by atoms with Gasteiger partial charge in [-0.3, -0.25) is 9.59 Å². The van der Waals surface area contributed by atoms with E-state index in [-0.39, 0.29) is 18.5 Å². The molecule has 6 heteroatoms. The zero-order valence-corrected chi connectivity index (χ0v) is 22.5. The Morgan fingerprint density at radius 3 is 2.06 bits per heavy atom. The van der Waals surface area contributed by atoms with Gasteiger partial charge in [-0.15, -0.1) is 0 Å². The maximum Gasteiger partial charge on any atom is 0.314 e. The number of ether oxygens (including phenoxy) is 4. The van der Waals surface area contributed by atoms with Gasteiger partial charge in [0.15, 0.2) is 5.78 Å². The predicted molar refractivity (Wildman–Crippen MR) is 143 cm³/mol. The molecule has 0 saturated heterocycles. The maximum absolute atomic E-state index is 12.8. The van der Waals surface area contributed by atoms with Crippen molar-refractivity contribution >= 4 is 17.8 Å². The topological polar surface area (TPSA) is 71.1 Å². The van der Waals surface area contributed by atoms with E-state index in [4.69, 9.17) is 18.9 Å². The molecule has 0 spiro atoms. The fourth-order valence-electron chi connectivity index (χ4n) is 3.25. The normalized spacial score (nSPS) is 11.4. The summed E-state index contributed by atoms with van der Waals surface area (Å²) in [6.45, 7) is 12.7. The van der Waals surface area contributed by atoms with Gasteiger partial charge < -0.3 is 18.9 Å². The number of rotatable bonds is 14. The summed E-state index contributed by atoms with van der Waals surface area (Å²) in [6, 6.07) is 10.7. The lowest BCUT2D eigenvalue weighted by atomic mass is 9.98. The molecule has 0 unspecified atom stereocenters. The Morgan fingerprint density at radius 1 is 0.833 bits per heavy atom. The van der Waals surface area contributed by atoms with Crippen LogP contribution in [0.2, 0.25) is 0 Å². The van der Waals surface area contributed by atoms with Gasteiger partial charge in [0.05, 0.1) is 18.6 Å². The minimum absolute atomic E-state index is 0.134. The standard InChI is InChI=1S/C30H40O6/c1-7-10-23-19-24(28(34-18-9-3)20-27(23)33-17-8-2)13-16-26(31)22-11-14-25(15-12-22)35-21-36-29(32)30(4,5)6/h11-16,19-20H,7-10,17-18,21H2,1-6H3. The van der Waals surface area contributed by atoms with Gasteiger partial charge in [0, 0.05) is 17.2 Å². The van der Waals surface area contributed by atoms with Crippen LogP contribution in [0, 0.1) is 5.41 Å². The number of ketones is 1. The van der Waals surface area contributed by atoms with Crippen LogP contribution in [0.5, 0.6) is 17.2 Å². The highest BCUT2D eigenvalue weighted by Crippen LogP contribution is 2.32. The summed E-state index contributed by atoms with van der Waals surface area (Å²) in [5, 5.41) is 0. The third-order valence-corrected chi connectivity index (χ3v) is 5.22. The summed E-state index contributed by atoms with van der Waals surface area (Å²) in [5.74, 6) is 1.59. The van der Waals surface area contributed by atoms with Gasteiger partial charge in [-0.1, -0.05) is 27.2 Å². The van der Waals surface area contributed by atoms with Crippen LogP contribution in [0.25, 0.3) is 6.08 Å². The molecule has 0 heterocycles. The van der Waals surface area contributed by atoms with E-state index in [2.05, 4.69) is 26.8 Å². The summed E-state index contributed by atoms with van der Waals surface area (Å²) in [4.78, 5) is 24.6. The molecule has 0 aromatic heterocycles. The number of hydrogen-bond acceptors (Lipinski definition) is 6. The first-order chi connectivity index (χ1) is 17.2. The summed E-state index contributed by atoms with van der Waals surface area (Å²) in [6.07, 6.45) is 7.04. The van der Waals surface area contributed by atoms with Gasteiger partial charge in [-0.25, -0.2) is 0 Å². The number of carbonyl (C=O) groups is 2. The van der Waals surface area contributed by atoms with Crippen molar-refractivity contribution in [2.24, 2.45) is 5.41 Å². The number of carbonyl (C=O) groups excluding carboxylic acids is 2. The summed E-state index contributed by atoms with van der Waals surface area (Å²) >= 11 is 0. The van der Waals surface area contributed by atoms with Crippen molar-refractivity contribution in [3.8, 4) is 17.2 Å². The van der Waals surface area contributed by atoms with E-state index < -0.39 is 5.41 Å². The number of hydrogen-bond donors (Lipinski definition) is 0. The molecule has 0 aliphatic rings. The second kappa shape index (κ2) is 14.3. The highest BCUT2D eigenvalue weighted by molar-refractivity contribution is 6.07. The molecule has 36 heavy (non-hydrogen) atoms. The van der Waals surface area contributed by atoms with Gasteiger partial charge in [-0.2, -0.15) is 0 Å². The van der Waals surface area contributed by atoms with Crippen LogP contribution >= 0.6 is 0 Å². The first kappa shape index (κ1) is 29.0. The minimum Gasteiger partial charge on any atom is -0.493 e. The maximum atomic E-state index is 12.8. The van der Waals surface area contributed by atoms with Gasteiger partial charge in [0.2, 0.25) is 6.79 Å². The number of esters is 1. The molecule has 196 valence electrons. The Hall–Kier alpha value is -3.28. The van der Waals surface area contributed by atoms with Gasteiger partial charge >= 0.3 is 5.97 Å². The number of benzene rings is 2. The van der Waals surface area contributed by atoms with Crippen LogP contribution in [-0.4, -0.2) is 31.8 Å². The molecule has 2 aromatic carbocycles. The second-order valence-electron chi connectivity index (χ2n) is 9.61. The average molecular weight is 497 g/mol. The van der Waals surface area contributed by atoms with E-state index in [1.165, 1.54) is 0 Å². The SMILES string of the molecule is CCCOc1cc(OCCC)c(CCC)cc1C=CC(=O)c1ccc(OCOC(=O)C(C)(C)C)cc1. The fourth-order valence-corrected chi connectivity index (χ4v) is 3.25. The van der Waals surface area contributed by atoms with Crippen molar-refractivity contribution in [3.05, 3.63) is 59.2 Å². The summed E-state index contributed by atoms with van der Waals surface area (Å²) in [5.41, 5.74) is 1.89. The van der Waals surface area contributed by atoms with E-state index in [0.717, 1.165) is 42.6 Å². The van der Waals surface area contributed by atoms with Gasteiger partial charge in [0.25, 0.3) is 0 Å². The zero-order valence-electron chi connectivity index (χ0n) is 22.5.